The number of carbonyl (C=O) groups excluding carboxylic acids is 1. The van der Waals surface area contributed by atoms with Crippen LogP contribution in [0.2, 0.25) is 0 Å². The minimum Gasteiger partial charge on any atom is -0.481 e. The van der Waals surface area contributed by atoms with Crippen molar-refractivity contribution in [1.82, 2.24) is 0 Å². The molecule has 5 nitrogen and oxygen atoms in total. The van der Waals surface area contributed by atoms with Gasteiger partial charge in [0.2, 0.25) is 5.91 Å². The number of hydrogen-bond acceptors (Lipinski definition) is 3. The molecule has 0 unspecified atom stereocenters. The fourth-order valence-corrected chi connectivity index (χ4v) is 4.27. The maximum Gasteiger partial charge on any atom is 0.310 e. The maximum atomic E-state index is 13.1. The Morgan fingerprint density at radius 1 is 1.39 bits per heavy atom. The van der Waals surface area contributed by atoms with E-state index in [1.807, 2.05) is 36.4 Å². The monoisotopic (exact) mass is 311 g/mol. The highest BCUT2D eigenvalue weighted by molar-refractivity contribution is 6.03. The van der Waals surface area contributed by atoms with E-state index in [2.05, 4.69) is 6.58 Å². The Hall–Kier alpha value is -2.40. The van der Waals surface area contributed by atoms with Gasteiger partial charge in [-0.05, 0) is 18.6 Å². The zero-order valence-corrected chi connectivity index (χ0v) is 12.5. The van der Waals surface area contributed by atoms with Crippen molar-refractivity contribution in [2.24, 2.45) is 11.8 Å². The Morgan fingerprint density at radius 2 is 2.13 bits per heavy atom. The summed E-state index contributed by atoms with van der Waals surface area (Å²) in [6, 6.07) is 9.05. The topological polar surface area (TPSA) is 66.8 Å². The maximum absolute atomic E-state index is 13.1. The fourth-order valence-electron chi connectivity index (χ4n) is 4.27. The van der Waals surface area contributed by atoms with E-state index >= 15 is 0 Å². The Bertz CT molecular complexity index is 713. The number of amides is 1. The summed E-state index contributed by atoms with van der Waals surface area (Å²) in [6.45, 7) is 3.79. The SMILES string of the molecule is C=CC[C@@H]1N(c2ccccc2)C(=O)[C@@H]2[C@H](C(=O)O)[C@@H]3C=C[C@]21O3. The number of anilines is 1. The number of nitrogens with zero attached hydrogens (tertiary/aromatic N) is 1. The molecule has 1 spiro atoms. The first-order valence-corrected chi connectivity index (χ1v) is 7.69. The molecular formula is C18H17NO4. The molecule has 1 amide bonds. The molecule has 2 bridgehead atoms. The van der Waals surface area contributed by atoms with Crippen LogP contribution in [0.3, 0.4) is 0 Å². The van der Waals surface area contributed by atoms with Crippen LogP contribution in [-0.2, 0) is 14.3 Å². The number of para-hydroxylation sites is 1. The molecule has 0 saturated carbocycles. The molecule has 23 heavy (non-hydrogen) atoms. The van der Waals surface area contributed by atoms with Crippen LogP contribution in [0.4, 0.5) is 5.69 Å². The molecule has 0 radical (unpaired) electrons. The van der Waals surface area contributed by atoms with Gasteiger partial charge in [-0.25, -0.2) is 0 Å². The van der Waals surface area contributed by atoms with Gasteiger partial charge in [0.1, 0.15) is 11.5 Å². The molecular weight excluding hydrogens is 294 g/mol. The van der Waals surface area contributed by atoms with Crippen molar-refractivity contribution in [3.05, 3.63) is 55.1 Å². The zero-order chi connectivity index (χ0) is 16.2. The highest BCUT2D eigenvalue weighted by Crippen LogP contribution is 2.56. The highest BCUT2D eigenvalue weighted by atomic mass is 16.5. The summed E-state index contributed by atoms with van der Waals surface area (Å²) in [5.74, 6) is -2.66. The van der Waals surface area contributed by atoms with Crippen molar-refractivity contribution in [3.8, 4) is 0 Å². The molecule has 118 valence electrons. The van der Waals surface area contributed by atoms with Gasteiger partial charge in [-0.15, -0.1) is 6.58 Å². The second-order valence-electron chi connectivity index (χ2n) is 6.22. The van der Waals surface area contributed by atoms with Gasteiger partial charge in [0.25, 0.3) is 0 Å². The van der Waals surface area contributed by atoms with Crippen LogP contribution in [0.25, 0.3) is 0 Å². The minimum absolute atomic E-state index is 0.178. The second-order valence-corrected chi connectivity index (χ2v) is 6.22. The first-order chi connectivity index (χ1) is 11.1. The molecule has 5 atom stereocenters. The molecule has 0 aromatic heterocycles. The molecule has 4 rings (SSSR count). The molecule has 3 heterocycles. The van der Waals surface area contributed by atoms with Crippen LogP contribution in [0.15, 0.2) is 55.1 Å². The Balaban J connectivity index is 1.85. The smallest absolute Gasteiger partial charge is 0.310 e. The van der Waals surface area contributed by atoms with Crippen LogP contribution in [-0.4, -0.2) is 34.7 Å². The van der Waals surface area contributed by atoms with E-state index in [0.29, 0.717) is 6.42 Å². The van der Waals surface area contributed by atoms with Crippen LogP contribution in [0, 0.1) is 11.8 Å². The van der Waals surface area contributed by atoms with E-state index in [0.717, 1.165) is 5.69 Å². The average molecular weight is 311 g/mol. The number of hydrogen-bond donors (Lipinski definition) is 1. The molecule has 0 aliphatic carbocycles. The average Bonchev–Trinajstić information content (AvgIpc) is 3.18. The van der Waals surface area contributed by atoms with Crippen molar-refractivity contribution >= 4 is 17.6 Å². The summed E-state index contributed by atoms with van der Waals surface area (Å²) < 4.78 is 6.04. The summed E-state index contributed by atoms with van der Waals surface area (Å²) in [5.41, 5.74) is -0.104. The van der Waals surface area contributed by atoms with Crippen molar-refractivity contribution in [3.63, 3.8) is 0 Å². The molecule has 2 fully saturated rings. The van der Waals surface area contributed by atoms with Crippen molar-refractivity contribution < 1.29 is 19.4 Å². The minimum atomic E-state index is -0.980. The third-order valence-electron chi connectivity index (χ3n) is 5.13. The van der Waals surface area contributed by atoms with Gasteiger partial charge in [0.15, 0.2) is 0 Å². The van der Waals surface area contributed by atoms with E-state index in [4.69, 9.17) is 4.74 Å². The predicted octanol–water partition coefficient (Wildman–Crippen LogP) is 2.00. The fraction of sp³-hybridized carbons (Fsp3) is 0.333. The number of benzene rings is 1. The van der Waals surface area contributed by atoms with Gasteiger partial charge < -0.3 is 14.7 Å². The highest BCUT2D eigenvalue weighted by Gasteiger charge is 2.71. The van der Waals surface area contributed by atoms with E-state index in [1.165, 1.54) is 0 Å². The van der Waals surface area contributed by atoms with Crippen molar-refractivity contribution in [2.45, 2.75) is 24.2 Å². The molecule has 3 aliphatic rings. The summed E-state index contributed by atoms with van der Waals surface area (Å²) in [5, 5.41) is 9.57. The first-order valence-electron chi connectivity index (χ1n) is 7.69. The summed E-state index contributed by atoms with van der Waals surface area (Å²) in [7, 11) is 0. The standard InChI is InChI=1S/C18H17NO4/c1-2-6-13-18-10-9-12(23-18)14(17(21)22)15(18)16(20)19(13)11-7-4-3-5-8-11/h2-5,7-10,12-15H,1,6H2,(H,21,22)/t12-,13-,14+,15-,18+/m0/s1. The van der Waals surface area contributed by atoms with Gasteiger partial charge in [-0.3, -0.25) is 9.59 Å². The van der Waals surface area contributed by atoms with Gasteiger partial charge in [-0.2, -0.15) is 0 Å². The lowest BCUT2D eigenvalue weighted by atomic mass is 9.74. The number of carbonyl (C=O) groups is 2. The molecule has 2 saturated heterocycles. The van der Waals surface area contributed by atoms with Crippen LogP contribution < -0.4 is 4.90 Å². The van der Waals surface area contributed by atoms with Crippen molar-refractivity contribution in [1.29, 1.82) is 0 Å². The number of carboxylic acids is 1. The van der Waals surface area contributed by atoms with Crippen LogP contribution >= 0.6 is 0 Å². The summed E-state index contributed by atoms with van der Waals surface area (Å²) in [6.07, 6.45) is 5.44. The third kappa shape index (κ3) is 1.71. The molecule has 5 heteroatoms. The lowest BCUT2D eigenvalue weighted by molar-refractivity contribution is -0.146. The molecule has 1 aromatic carbocycles. The largest absolute Gasteiger partial charge is 0.481 e. The summed E-state index contributed by atoms with van der Waals surface area (Å²) in [4.78, 5) is 26.5. The number of aliphatic carboxylic acids is 1. The van der Waals surface area contributed by atoms with E-state index < -0.39 is 29.5 Å². The van der Waals surface area contributed by atoms with Crippen molar-refractivity contribution in [2.75, 3.05) is 4.90 Å². The van der Waals surface area contributed by atoms with Gasteiger partial charge in [0.05, 0.1) is 18.1 Å². The third-order valence-corrected chi connectivity index (χ3v) is 5.13. The Kier molecular flexibility index (Phi) is 2.96. The number of carboxylic acid groups (broad SMARTS) is 1. The van der Waals surface area contributed by atoms with E-state index in [1.54, 1.807) is 17.1 Å². The predicted molar refractivity (Wildman–Crippen MR) is 83.9 cm³/mol. The number of fused-ring (bicyclic) bond motifs is 1. The molecule has 1 aromatic rings. The van der Waals surface area contributed by atoms with E-state index in [9.17, 15) is 14.7 Å². The second kappa shape index (κ2) is 4.80. The first kappa shape index (κ1) is 14.2. The quantitative estimate of drug-likeness (QED) is 0.864. The summed E-state index contributed by atoms with van der Waals surface area (Å²) >= 11 is 0. The lowest BCUT2D eigenvalue weighted by Gasteiger charge is -2.32. The van der Waals surface area contributed by atoms with Crippen LogP contribution in [0.1, 0.15) is 6.42 Å². The van der Waals surface area contributed by atoms with E-state index in [-0.39, 0.29) is 11.9 Å². The number of rotatable bonds is 4. The lowest BCUT2D eigenvalue weighted by Crippen LogP contribution is -2.45. The van der Waals surface area contributed by atoms with Gasteiger partial charge in [0, 0.05) is 5.69 Å². The zero-order valence-electron chi connectivity index (χ0n) is 12.5. The normalized spacial score (nSPS) is 37.2. The molecule has 1 N–H and O–H groups in total. The Morgan fingerprint density at radius 3 is 2.78 bits per heavy atom. The van der Waals surface area contributed by atoms with Gasteiger partial charge >= 0.3 is 5.97 Å². The van der Waals surface area contributed by atoms with Crippen LogP contribution in [0.5, 0.6) is 0 Å². The Labute approximate surface area is 133 Å². The number of ether oxygens (including phenoxy) is 1. The molecule has 3 aliphatic heterocycles. The van der Waals surface area contributed by atoms with Gasteiger partial charge in [-0.1, -0.05) is 36.4 Å².